The molecule has 0 radical (unpaired) electrons. The summed E-state index contributed by atoms with van der Waals surface area (Å²) in [6.45, 7) is 6.73. The minimum Gasteiger partial charge on any atom is -0.493 e. The quantitative estimate of drug-likeness (QED) is 0.879. The Bertz CT molecular complexity index is 603. The zero-order chi connectivity index (χ0) is 15.2. The van der Waals surface area contributed by atoms with E-state index in [-0.39, 0.29) is 5.91 Å². The number of para-hydroxylation sites is 1. The molecule has 2 rings (SSSR count). The lowest BCUT2D eigenvalue weighted by atomic mass is 10.0. The molecule has 0 unspecified atom stereocenters. The number of hydrogen-bond acceptors (Lipinski definition) is 2. The molecule has 110 valence electrons. The van der Waals surface area contributed by atoms with Gasteiger partial charge in [0.25, 0.3) is 5.91 Å². The molecule has 0 saturated carbocycles. The van der Waals surface area contributed by atoms with Crippen molar-refractivity contribution in [1.82, 2.24) is 0 Å². The summed E-state index contributed by atoms with van der Waals surface area (Å²) in [5, 5.41) is 2.90. The third kappa shape index (κ3) is 3.85. The number of carbonyl (C=O) groups excluding carboxylic acids is 1. The lowest BCUT2D eigenvalue weighted by molar-refractivity contribution is 0.102. The van der Waals surface area contributed by atoms with Crippen LogP contribution in [0.1, 0.15) is 42.6 Å². The van der Waals surface area contributed by atoms with Gasteiger partial charge in [-0.1, -0.05) is 38.1 Å². The van der Waals surface area contributed by atoms with Crippen molar-refractivity contribution in [3.63, 3.8) is 0 Å². The third-order valence-corrected chi connectivity index (χ3v) is 3.27. The smallest absolute Gasteiger partial charge is 0.259 e. The molecule has 1 amide bonds. The van der Waals surface area contributed by atoms with E-state index < -0.39 is 0 Å². The third-order valence-electron chi connectivity index (χ3n) is 3.27. The fourth-order valence-electron chi connectivity index (χ4n) is 2.09. The summed E-state index contributed by atoms with van der Waals surface area (Å²) >= 11 is 0. The normalized spacial score (nSPS) is 10.5. The van der Waals surface area contributed by atoms with Crippen LogP contribution in [-0.4, -0.2) is 12.5 Å². The Labute approximate surface area is 126 Å². The van der Waals surface area contributed by atoms with Crippen LogP contribution in [0, 0.1) is 0 Å². The summed E-state index contributed by atoms with van der Waals surface area (Å²) in [5.41, 5.74) is 2.59. The van der Waals surface area contributed by atoms with Crippen molar-refractivity contribution in [2.75, 3.05) is 11.9 Å². The van der Waals surface area contributed by atoms with Crippen LogP contribution in [-0.2, 0) is 0 Å². The lowest BCUT2D eigenvalue weighted by Crippen LogP contribution is -2.13. The minimum absolute atomic E-state index is 0.156. The van der Waals surface area contributed by atoms with Gasteiger partial charge in [-0.3, -0.25) is 4.79 Å². The average molecular weight is 283 g/mol. The molecule has 0 bridgehead atoms. The number of rotatable bonds is 5. The van der Waals surface area contributed by atoms with Crippen molar-refractivity contribution >= 4 is 11.6 Å². The molecule has 1 N–H and O–H groups in total. The Morgan fingerprint density at radius 3 is 2.38 bits per heavy atom. The number of benzene rings is 2. The molecule has 0 atom stereocenters. The van der Waals surface area contributed by atoms with Gasteiger partial charge in [-0.15, -0.1) is 0 Å². The van der Waals surface area contributed by atoms with Crippen LogP contribution in [0.3, 0.4) is 0 Å². The standard InChI is InChI=1S/C18H21NO2/c1-4-21-17-8-6-5-7-16(17)18(20)19-15-11-9-14(10-12-15)13(2)3/h5-13H,4H2,1-3H3,(H,19,20). The van der Waals surface area contributed by atoms with Gasteiger partial charge < -0.3 is 10.1 Å². The Hall–Kier alpha value is -2.29. The summed E-state index contributed by atoms with van der Waals surface area (Å²) in [4.78, 5) is 12.3. The number of amides is 1. The van der Waals surface area contributed by atoms with Crippen molar-refractivity contribution in [2.24, 2.45) is 0 Å². The maximum absolute atomic E-state index is 12.3. The SMILES string of the molecule is CCOc1ccccc1C(=O)Nc1ccc(C(C)C)cc1. The van der Waals surface area contributed by atoms with Crippen LogP contribution in [0.4, 0.5) is 5.69 Å². The largest absolute Gasteiger partial charge is 0.493 e. The van der Waals surface area contributed by atoms with Gasteiger partial charge in [0.1, 0.15) is 5.75 Å². The summed E-state index contributed by atoms with van der Waals surface area (Å²) in [6, 6.07) is 15.2. The van der Waals surface area contributed by atoms with Crippen molar-refractivity contribution < 1.29 is 9.53 Å². The van der Waals surface area contributed by atoms with E-state index in [4.69, 9.17) is 4.74 Å². The topological polar surface area (TPSA) is 38.3 Å². The van der Waals surface area contributed by atoms with Gasteiger partial charge in [0.05, 0.1) is 12.2 Å². The van der Waals surface area contributed by atoms with Gasteiger partial charge in [0.15, 0.2) is 0 Å². The minimum atomic E-state index is -0.156. The molecule has 21 heavy (non-hydrogen) atoms. The molecule has 0 aliphatic carbocycles. The molecule has 3 heteroatoms. The Kier molecular flexibility index (Phi) is 4.99. The van der Waals surface area contributed by atoms with Gasteiger partial charge >= 0.3 is 0 Å². The van der Waals surface area contributed by atoms with Gasteiger partial charge in [0.2, 0.25) is 0 Å². The summed E-state index contributed by atoms with van der Waals surface area (Å²) in [7, 11) is 0. The first-order valence-electron chi connectivity index (χ1n) is 7.25. The Morgan fingerprint density at radius 2 is 1.76 bits per heavy atom. The van der Waals surface area contributed by atoms with E-state index >= 15 is 0 Å². The molecule has 0 spiro atoms. The monoisotopic (exact) mass is 283 g/mol. The highest BCUT2D eigenvalue weighted by Gasteiger charge is 2.12. The molecular weight excluding hydrogens is 262 g/mol. The predicted molar refractivity (Wildman–Crippen MR) is 86.1 cm³/mol. The highest BCUT2D eigenvalue weighted by molar-refractivity contribution is 6.06. The van der Waals surface area contributed by atoms with Crippen LogP contribution in [0.25, 0.3) is 0 Å². The second-order valence-electron chi connectivity index (χ2n) is 5.16. The predicted octanol–water partition coefficient (Wildman–Crippen LogP) is 4.46. The molecule has 0 aromatic heterocycles. The molecule has 0 saturated heterocycles. The van der Waals surface area contributed by atoms with Gasteiger partial charge in [0, 0.05) is 5.69 Å². The van der Waals surface area contributed by atoms with Gasteiger partial charge in [-0.25, -0.2) is 0 Å². The van der Waals surface area contributed by atoms with Crippen molar-refractivity contribution in [3.05, 3.63) is 59.7 Å². The van der Waals surface area contributed by atoms with Gasteiger partial charge in [-0.05, 0) is 42.7 Å². The van der Waals surface area contributed by atoms with Crippen molar-refractivity contribution in [3.8, 4) is 5.75 Å². The number of anilines is 1. The summed E-state index contributed by atoms with van der Waals surface area (Å²) in [5.74, 6) is 0.932. The molecule has 0 aliphatic heterocycles. The summed E-state index contributed by atoms with van der Waals surface area (Å²) in [6.07, 6.45) is 0. The first-order chi connectivity index (χ1) is 10.1. The van der Waals surface area contributed by atoms with Crippen LogP contribution in [0.2, 0.25) is 0 Å². The Morgan fingerprint density at radius 1 is 1.10 bits per heavy atom. The molecule has 0 fully saturated rings. The fourth-order valence-corrected chi connectivity index (χ4v) is 2.09. The molecule has 0 aliphatic rings. The maximum Gasteiger partial charge on any atom is 0.259 e. The van der Waals surface area contributed by atoms with Crippen LogP contribution in [0.15, 0.2) is 48.5 Å². The molecule has 2 aromatic carbocycles. The van der Waals surface area contributed by atoms with Crippen LogP contribution < -0.4 is 10.1 Å². The number of nitrogens with one attached hydrogen (secondary N) is 1. The van der Waals surface area contributed by atoms with E-state index in [9.17, 15) is 4.79 Å². The molecule has 0 heterocycles. The average Bonchev–Trinajstić information content (AvgIpc) is 2.48. The number of hydrogen-bond donors (Lipinski definition) is 1. The fraction of sp³-hybridized carbons (Fsp3) is 0.278. The van der Waals surface area contributed by atoms with E-state index in [2.05, 4.69) is 19.2 Å². The second-order valence-corrected chi connectivity index (χ2v) is 5.16. The molecular formula is C18H21NO2. The van der Waals surface area contributed by atoms with E-state index in [1.54, 1.807) is 12.1 Å². The number of ether oxygens (including phenoxy) is 1. The highest BCUT2D eigenvalue weighted by Crippen LogP contribution is 2.21. The Balaban J connectivity index is 2.14. The zero-order valence-corrected chi connectivity index (χ0v) is 12.7. The zero-order valence-electron chi connectivity index (χ0n) is 12.7. The van der Waals surface area contributed by atoms with Crippen molar-refractivity contribution in [2.45, 2.75) is 26.7 Å². The van der Waals surface area contributed by atoms with Gasteiger partial charge in [-0.2, -0.15) is 0 Å². The van der Waals surface area contributed by atoms with Crippen LogP contribution in [0.5, 0.6) is 5.75 Å². The summed E-state index contributed by atoms with van der Waals surface area (Å²) < 4.78 is 5.49. The molecule has 3 nitrogen and oxygen atoms in total. The second kappa shape index (κ2) is 6.93. The van der Waals surface area contributed by atoms with E-state index in [0.717, 1.165) is 5.69 Å². The lowest BCUT2D eigenvalue weighted by Gasteiger charge is -2.11. The number of carbonyl (C=O) groups is 1. The first kappa shape index (κ1) is 15.1. The van der Waals surface area contributed by atoms with E-state index in [0.29, 0.717) is 23.8 Å². The van der Waals surface area contributed by atoms with Crippen molar-refractivity contribution in [1.29, 1.82) is 0 Å². The van der Waals surface area contributed by atoms with E-state index in [1.165, 1.54) is 5.56 Å². The highest BCUT2D eigenvalue weighted by atomic mass is 16.5. The maximum atomic E-state index is 12.3. The van der Waals surface area contributed by atoms with Crippen LogP contribution >= 0.6 is 0 Å². The van der Waals surface area contributed by atoms with E-state index in [1.807, 2.05) is 43.3 Å². The molecule has 2 aromatic rings. The first-order valence-corrected chi connectivity index (χ1v) is 7.25.